The second kappa shape index (κ2) is 8.84. The van der Waals surface area contributed by atoms with Crippen molar-refractivity contribution in [1.29, 1.82) is 0 Å². The van der Waals surface area contributed by atoms with E-state index < -0.39 is 0 Å². The maximum Gasteiger partial charge on any atom is 0.327 e. The van der Waals surface area contributed by atoms with Crippen molar-refractivity contribution in [1.82, 2.24) is 19.1 Å². The SMILES string of the molecule is O=c1[nH]c(Nc2ccc3c(c2)OCCO3)c(-c2ccccc2Cl)n1CCCn1ccnc1. The summed E-state index contributed by atoms with van der Waals surface area (Å²) >= 11 is 6.52. The number of aromatic amines is 1. The van der Waals surface area contributed by atoms with E-state index in [9.17, 15) is 4.79 Å². The molecule has 5 rings (SSSR count). The molecule has 2 aromatic carbocycles. The number of anilines is 2. The summed E-state index contributed by atoms with van der Waals surface area (Å²) in [6.45, 7) is 2.32. The summed E-state index contributed by atoms with van der Waals surface area (Å²) < 4.78 is 15.0. The number of H-pyrrole nitrogens is 1. The van der Waals surface area contributed by atoms with Crippen LogP contribution in [0, 0.1) is 0 Å². The summed E-state index contributed by atoms with van der Waals surface area (Å²) in [5.41, 5.74) is 2.05. The Morgan fingerprint density at radius 3 is 2.75 bits per heavy atom. The first kappa shape index (κ1) is 20.3. The van der Waals surface area contributed by atoms with E-state index in [0.717, 1.165) is 24.2 Å². The van der Waals surface area contributed by atoms with Crippen LogP contribution in [-0.2, 0) is 13.1 Å². The average molecular weight is 452 g/mol. The molecule has 1 aliphatic rings. The Morgan fingerprint density at radius 2 is 1.94 bits per heavy atom. The molecule has 0 fully saturated rings. The van der Waals surface area contributed by atoms with Gasteiger partial charge < -0.3 is 19.4 Å². The number of imidazole rings is 2. The van der Waals surface area contributed by atoms with Crippen LogP contribution in [0.25, 0.3) is 11.3 Å². The van der Waals surface area contributed by atoms with E-state index in [4.69, 9.17) is 21.1 Å². The molecule has 4 aromatic rings. The molecular weight excluding hydrogens is 430 g/mol. The summed E-state index contributed by atoms with van der Waals surface area (Å²) in [5.74, 6) is 1.95. The standard InChI is InChI=1S/C23H22ClN5O3/c24-18-5-2-1-4-17(18)21-22(26-16-6-7-19-20(14-16)32-13-12-31-19)27-23(30)29(21)10-3-9-28-11-8-25-15-28/h1-2,4-8,11,14-15,26H,3,9-10,12-13H2,(H,27,30). The van der Waals surface area contributed by atoms with Crippen molar-refractivity contribution in [2.75, 3.05) is 18.5 Å². The Labute approximate surface area is 189 Å². The van der Waals surface area contributed by atoms with Crippen LogP contribution in [0.5, 0.6) is 11.5 Å². The van der Waals surface area contributed by atoms with Gasteiger partial charge >= 0.3 is 5.69 Å². The third kappa shape index (κ3) is 4.09. The zero-order valence-electron chi connectivity index (χ0n) is 17.3. The van der Waals surface area contributed by atoms with Gasteiger partial charge in [0.15, 0.2) is 11.5 Å². The molecule has 0 saturated carbocycles. The van der Waals surface area contributed by atoms with Crippen molar-refractivity contribution in [2.24, 2.45) is 0 Å². The fourth-order valence-electron chi connectivity index (χ4n) is 3.80. The molecule has 8 nitrogen and oxygen atoms in total. The predicted molar refractivity (Wildman–Crippen MR) is 123 cm³/mol. The van der Waals surface area contributed by atoms with Gasteiger partial charge in [0.05, 0.1) is 17.0 Å². The lowest BCUT2D eigenvalue weighted by Gasteiger charge is -2.19. The summed E-state index contributed by atoms with van der Waals surface area (Å²) in [4.78, 5) is 19.9. The van der Waals surface area contributed by atoms with Gasteiger partial charge in [-0.15, -0.1) is 0 Å². The highest BCUT2D eigenvalue weighted by Gasteiger charge is 2.19. The van der Waals surface area contributed by atoms with Crippen molar-refractivity contribution in [2.45, 2.75) is 19.5 Å². The van der Waals surface area contributed by atoms with Gasteiger partial charge in [0.25, 0.3) is 0 Å². The molecule has 3 heterocycles. The van der Waals surface area contributed by atoms with Crippen molar-refractivity contribution in [3.63, 3.8) is 0 Å². The normalized spacial score (nSPS) is 12.7. The van der Waals surface area contributed by atoms with Crippen LogP contribution in [0.4, 0.5) is 11.5 Å². The van der Waals surface area contributed by atoms with E-state index in [-0.39, 0.29) is 5.69 Å². The van der Waals surface area contributed by atoms with Crippen LogP contribution in [-0.4, -0.2) is 32.3 Å². The number of aromatic nitrogens is 4. The molecular formula is C23H22ClN5O3. The van der Waals surface area contributed by atoms with Crippen molar-refractivity contribution in [3.05, 3.63) is 76.7 Å². The van der Waals surface area contributed by atoms with Gasteiger partial charge in [-0.05, 0) is 24.6 Å². The number of fused-ring (bicyclic) bond motifs is 1. The van der Waals surface area contributed by atoms with Crippen LogP contribution < -0.4 is 20.5 Å². The number of nitrogens with zero attached hydrogens (tertiary/aromatic N) is 3. The molecule has 9 heteroatoms. The van der Waals surface area contributed by atoms with Crippen LogP contribution in [0.3, 0.4) is 0 Å². The van der Waals surface area contributed by atoms with Crippen molar-refractivity contribution >= 4 is 23.1 Å². The Morgan fingerprint density at radius 1 is 1.09 bits per heavy atom. The van der Waals surface area contributed by atoms with Gasteiger partial charge in [0.1, 0.15) is 19.0 Å². The lowest BCUT2D eigenvalue weighted by molar-refractivity contribution is 0.171. The molecule has 32 heavy (non-hydrogen) atoms. The molecule has 164 valence electrons. The van der Waals surface area contributed by atoms with Gasteiger partial charge in [-0.2, -0.15) is 0 Å². The van der Waals surface area contributed by atoms with Crippen LogP contribution >= 0.6 is 11.6 Å². The maximum absolute atomic E-state index is 12.9. The number of rotatable bonds is 7. The zero-order valence-corrected chi connectivity index (χ0v) is 18.0. The van der Waals surface area contributed by atoms with Crippen LogP contribution in [0.2, 0.25) is 5.02 Å². The summed E-state index contributed by atoms with van der Waals surface area (Å²) in [6, 6.07) is 13.1. The van der Waals surface area contributed by atoms with E-state index >= 15 is 0 Å². The molecule has 0 atom stereocenters. The number of hydrogen-bond acceptors (Lipinski definition) is 5. The quantitative estimate of drug-likeness (QED) is 0.437. The Balaban J connectivity index is 1.49. The first-order valence-electron chi connectivity index (χ1n) is 10.4. The fraction of sp³-hybridized carbons (Fsp3) is 0.217. The number of aryl methyl sites for hydroxylation is 1. The summed E-state index contributed by atoms with van der Waals surface area (Å²) in [6.07, 6.45) is 6.18. The van der Waals surface area contributed by atoms with E-state index in [1.807, 2.05) is 53.2 Å². The van der Waals surface area contributed by atoms with E-state index in [1.165, 1.54) is 0 Å². The first-order chi connectivity index (χ1) is 15.7. The molecule has 0 radical (unpaired) electrons. The number of hydrogen-bond donors (Lipinski definition) is 2. The number of ether oxygens (including phenoxy) is 2. The number of benzene rings is 2. The minimum Gasteiger partial charge on any atom is -0.486 e. The molecule has 0 unspecified atom stereocenters. The second-order valence-electron chi connectivity index (χ2n) is 7.42. The second-order valence-corrected chi connectivity index (χ2v) is 7.83. The summed E-state index contributed by atoms with van der Waals surface area (Å²) in [7, 11) is 0. The monoisotopic (exact) mass is 451 g/mol. The van der Waals surface area contributed by atoms with Crippen LogP contribution in [0.1, 0.15) is 6.42 Å². The van der Waals surface area contributed by atoms with Crippen molar-refractivity contribution in [3.8, 4) is 22.8 Å². The average Bonchev–Trinajstić information content (AvgIpc) is 3.42. The minimum absolute atomic E-state index is 0.203. The molecule has 0 amide bonds. The van der Waals surface area contributed by atoms with Crippen LogP contribution in [0.15, 0.2) is 66.0 Å². The third-order valence-corrected chi connectivity index (χ3v) is 5.61. The molecule has 2 N–H and O–H groups in total. The Kier molecular flexibility index (Phi) is 5.60. The molecule has 0 saturated heterocycles. The largest absolute Gasteiger partial charge is 0.486 e. The number of halogens is 1. The smallest absolute Gasteiger partial charge is 0.327 e. The third-order valence-electron chi connectivity index (χ3n) is 5.28. The molecule has 0 spiro atoms. The van der Waals surface area contributed by atoms with Gasteiger partial charge in [0.2, 0.25) is 0 Å². The van der Waals surface area contributed by atoms with E-state index in [1.54, 1.807) is 17.1 Å². The fourth-order valence-corrected chi connectivity index (χ4v) is 4.03. The lowest BCUT2D eigenvalue weighted by Crippen LogP contribution is -2.18. The molecule has 0 aliphatic carbocycles. The summed E-state index contributed by atoms with van der Waals surface area (Å²) in [5, 5.41) is 3.90. The van der Waals surface area contributed by atoms with E-state index in [0.29, 0.717) is 47.8 Å². The molecule has 2 aromatic heterocycles. The van der Waals surface area contributed by atoms with Gasteiger partial charge in [0, 0.05) is 42.8 Å². The highest BCUT2D eigenvalue weighted by Crippen LogP contribution is 2.36. The zero-order chi connectivity index (χ0) is 21.9. The Bertz CT molecular complexity index is 1280. The molecule has 0 bridgehead atoms. The van der Waals surface area contributed by atoms with Gasteiger partial charge in [-0.3, -0.25) is 9.55 Å². The molecule has 1 aliphatic heterocycles. The first-order valence-corrected chi connectivity index (χ1v) is 10.8. The van der Waals surface area contributed by atoms with Gasteiger partial charge in [-0.25, -0.2) is 9.78 Å². The highest BCUT2D eigenvalue weighted by molar-refractivity contribution is 6.33. The van der Waals surface area contributed by atoms with Crippen molar-refractivity contribution < 1.29 is 9.47 Å². The number of nitrogens with one attached hydrogen (secondary N) is 2. The maximum atomic E-state index is 12.9. The topological polar surface area (TPSA) is 86.1 Å². The van der Waals surface area contributed by atoms with Gasteiger partial charge in [-0.1, -0.05) is 29.8 Å². The lowest BCUT2D eigenvalue weighted by atomic mass is 10.1. The predicted octanol–water partition coefficient (Wildman–Crippen LogP) is 4.30. The highest BCUT2D eigenvalue weighted by atomic mass is 35.5. The Hall–Kier alpha value is -3.65. The van der Waals surface area contributed by atoms with E-state index in [2.05, 4.69) is 15.3 Å². The minimum atomic E-state index is -0.203.